The number of thiophene rings is 2. The molecule has 92 valence electrons. The molecule has 2 aromatic heterocycles. The first kappa shape index (κ1) is 13.7. The molecule has 0 aliphatic rings. The van der Waals surface area contributed by atoms with Crippen molar-refractivity contribution in [2.24, 2.45) is 0 Å². The highest BCUT2D eigenvalue weighted by molar-refractivity contribution is 9.13. The Balaban J connectivity index is 2.08. The summed E-state index contributed by atoms with van der Waals surface area (Å²) >= 11 is 10.3. The topological polar surface area (TPSA) is 20.2 Å². The van der Waals surface area contributed by atoms with Crippen molar-refractivity contribution in [1.29, 1.82) is 0 Å². The van der Waals surface area contributed by atoms with Crippen LogP contribution in [0.2, 0.25) is 0 Å². The van der Waals surface area contributed by atoms with Crippen molar-refractivity contribution in [3.8, 4) is 0 Å². The van der Waals surface area contributed by atoms with Crippen LogP contribution in [-0.2, 0) is 12.8 Å². The van der Waals surface area contributed by atoms with Crippen LogP contribution in [0.25, 0.3) is 0 Å². The van der Waals surface area contributed by atoms with Crippen LogP contribution in [0.4, 0.5) is 0 Å². The molecule has 0 aliphatic heterocycles. The molecule has 5 heteroatoms. The lowest BCUT2D eigenvalue weighted by Gasteiger charge is -2.05. The fourth-order valence-electron chi connectivity index (χ4n) is 1.54. The van der Waals surface area contributed by atoms with Crippen molar-refractivity contribution in [2.75, 3.05) is 0 Å². The van der Waals surface area contributed by atoms with Crippen LogP contribution in [0.15, 0.2) is 26.5 Å². The Kier molecular flexibility index (Phi) is 4.83. The Morgan fingerprint density at radius 3 is 2.47 bits per heavy atom. The summed E-state index contributed by atoms with van der Waals surface area (Å²) in [6, 6.07) is 6.24. The van der Waals surface area contributed by atoms with Crippen molar-refractivity contribution in [1.82, 2.24) is 0 Å². The number of aliphatic hydroxyl groups is 1. The third kappa shape index (κ3) is 3.41. The number of hydrogen-bond donors (Lipinski definition) is 1. The lowest BCUT2D eigenvalue weighted by atomic mass is 10.2. The number of halogens is 2. The molecule has 2 rings (SSSR count). The van der Waals surface area contributed by atoms with E-state index in [9.17, 15) is 5.11 Å². The third-order valence-electron chi connectivity index (χ3n) is 2.45. The Morgan fingerprint density at radius 2 is 1.94 bits per heavy atom. The summed E-state index contributed by atoms with van der Waals surface area (Å²) in [5, 5.41) is 10.2. The maximum atomic E-state index is 10.2. The second-order valence-electron chi connectivity index (χ2n) is 3.71. The minimum atomic E-state index is -0.411. The summed E-state index contributed by atoms with van der Waals surface area (Å²) < 4.78 is 2.05. The van der Waals surface area contributed by atoms with E-state index in [1.54, 1.807) is 22.7 Å². The zero-order valence-corrected chi connectivity index (χ0v) is 14.0. The summed E-state index contributed by atoms with van der Waals surface area (Å²) in [6.45, 7) is 2.15. The molecule has 0 amide bonds. The van der Waals surface area contributed by atoms with Crippen LogP contribution in [0, 0.1) is 0 Å². The normalized spacial score (nSPS) is 12.9. The number of aryl methyl sites for hydroxylation is 1. The van der Waals surface area contributed by atoms with Gasteiger partial charge in [-0.05, 0) is 56.5 Å². The van der Waals surface area contributed by atoms with Crippen LogP contribution in [-0.4, -0.2) is 5.11 Å². The van der Waals surface area contributed by atoms with Crippen LogP contribution < -0.4 is 0 Å². The molecule has 17 heavy (non-hydrogen) atoms. The lowest BCUT2D eigenvalue weighted by molar-refractivity contribution is 0.183. The molecule has 0 radical (unpaired) electrons. The first-order chi connectivity index (χ1) is 8.10. The average Bonchev–Trinajstić information content (AvgIpc) is 2.87. The van der Waals surface area contributed by atoms with E-state index >= 15 is 0 Å². The molecule has 1 nitrogen and oxygen atoms in total. The van der Waals surface area contributed by atoms with Crippen molar-refractivity contribution >= 4 is 54.5 Å². The molecule has 1 N–H and O–H groups in total. The highest BCUT2D eigenvalue weighted by Gasteiger charge is 2.14. The molecular weight excluding hydrogens is 384 g/mol. The summed E-state index contributed by atoms with van der Waals surface area (Å²) in [6.07, 6.45) is 1.35. The van der Waals surface area contributed by atoms with Crippen LogP contribution in [0.5, 0.6) is 0 Å². The monoisotopic (exact) mass is 394 g/mol. The molecule has 0 saturated carbocycles. The molecule has 0 fully saturated rings. The van der Waals surface area contributed by atoms with Gasteiger partial charge in [-0.2, -0.15) is 0 Å². The van der Waals surface area contributed by atoms with Gasteiger partial charge in [-0.1, -0.05) is 6.92 Å². The third-order valence-corrected chi connectivity index (χ3v) is 7.06. The predicted molar refractivity (Wildman–Crippen MR) is 82.1 cm³/mol. The summed E-state index contributed by atoms with van der Waals surface area (Å²) in [4.78, 5) is 3.62. The number of hydrogen-bond acceptors (Lipinski definition) is 3. The Labute approximate surface area is 126 Å². The molecule has 2 heterocycles. The van der Waals surface area contributed by atoms with Crippen LogP contribution in [0.1, 0.15) is 27.7 Å². The van der Waals surface area contributed by atoms with Gasteiger partial charge in [0.2, 0.25) is 0 Å². The minimum Gasteiger partial charge on any atom is -0.387 e. The average molecular weight is 396 g/mol. The first-order valence-corrected chi connectivity index (χ1v) is 8.52. The largest absolute Gasteiger partial charge is 0.387 e. The van der Waals surface area contributed by atoms with E-state index in [0.717, 1.165) is 19.6 Å². The van der Waals surface area contributed by atoms with E-state index < -0.39 is 6.10 Å². The quantitative estimate of drug-likeness (QED) is 0.756. The molecule has 1 atom stereocenters. The summed E-state index contributed by atoms with van der Waals surface area (Å²) in [5.74, 6) is 0. The molecule has 0 saturated heterocycles. The van der Waals surface area contributed by atoms with Gasteiger partial charge in [0, 0.05) is 25.5 Å². The zero-order chi connectivity index (χ0) is 12.4. The van der Waals surface area contributed by atoms with Gasteiger partial charge in [-0.25, -0.2) is 0 Å². The van der Waals surface area contributed by atoms with Crippen molar-refractivity contribution in [2.45, 2.75) is 25.9 Å². The Hall–Kier alpha value is 0.320. The molecule has 0 bridgehead atoms. The second-order valence-corrected chi connectivity index (χ2v) is 8.22. The van der Waals surface area contributed by atoms with E-state index in [1.807, 2.05) is 6.07 Å². The van der Waals surface area contributed by atoms with E-state index in [0.29, 0.717) is 6.42 Å². The second kappa shape index (κ2) is 5.97. The molecule has 2 aromatic rings. The summed E-state index contributed by atoms with van der Waals surface area (Å²) in [5.41, 5.74) is 0. The maximum Gasteiger partial charge on any atom is 0.0930 e. The molecule has 0 aromatic carbocycles. The Bertz CT molecular complexity index is 485. The lowest BCUT2D eigenvalue weighted by Crippen LogP contribution is -1.97. The van der Waals surface area contributed by atoms with Crippen molar-refractivity contribution < 1.29 is 5.11 Å². The highest BCUT2D eigenvalue weighted by atomic mass is 79.9. The van der Waals surface area contributed by atoms with E-state index in [2.05, 4.69) is 50.9 Å². The van der Waals surface area contributed by atoms with E-state index in [-0.39, 0.29) is 0 Å². The first-order valence-electron chi connectivity index (χ1n) is 5.30. The van der Waals surface area contributed by atoms with Crippen LogP contribution in [0.3, 0.4) is 0 Å². The Morgan fingerprint density at radius 1 is 1.24 bits per heavy atom. The van der Waals surface area contributed by atoms with Gasteiger partial charge in [0.05, 0.1) is 9.89 Å². The van der Waals surface area contributed by atoms with Gasteiger partial charge >= 0.3 is 0 Å². The van der Waals surface area contributed by atoms with E-state index in [4.69, 9.17) is 0 Å². The summed E-state index contributed by atoms with van der Waals surface area (Å²) in [7, 11) is 0. The fourth-order valence-corrected chi connectivity index (χ4v) is 4.61. The standard InChI is InChI=1S/C12H12Br2OS2/c1-2-7-3-4-8(16-7)5-10(15)11-6-9(13)12(14)17-11/h3-4,6,10,15H,2,5H2,1H3. The highest BCUT2D eigenvalue weighted by Crippen LogP contribution is 2.36. The minimum absolute atomic E-state index is 0.411. The molecule has 0 spiro atoms. The maximum absolute atomic E-state index is 10.2. The smallest absolute Gasteiger partial charge is 0.0930 e. The zero-order valence-electron chi connectivity index (χ0n) is 9.24. The van der Waals surface area contributed by atoms with Crippen molar-refractivity contribution in [3.63, 3.8) is 0 Å². The van der Waals surface area contributed by atoms with Crippen molar-refractivity contribution in [3.05, 3.63) is 41.1 Å². The molecule has 0 aliphatic carbocycles. The van der Waals surface area contributed by atoms with Crippen LogP contribution >= 0.6 is 54.5 Å². The van der Waals surface area contributed by atoms with Gasteiger partial charge in [-0.15, -0.1) is 22.7 Å². The fraction of sp³-hybridized carbons (Fsp3) is 0.333. The van der Waals surface area contributed by atoms with Gasteiger partial charge in [0.15, 0.2) is 0 Å². The molecule has 1 unspecified atom stereocenters. The predicted octanol–water partition coefficient (Wildman–Crippen LogP) is 5.17. The SMILES string of the molecule is CCc1ccc(CC(O)c2cc(Br)c(Br)s2)s1. The van der Waals surface area contributed by atoms with Gasteiger partial charge in [-0.3, -0.25) is 0 Å². The number of rotatable bonds is 4. The van der Waals surface area contributed by atoms with Gasteiger partial charge in [0.25, 0.3) is 0 Å². The van der Waals surface area contributed by atoms with Gasteiger partial charge in [0.1, 0.15) is 0 Å². The molecular formula is C12H12Br2OS2. The van der Waals surface area contributed by atoms with Gasteiger partial charge < -0.3 is 5.11 Å². The number of aliphatic hydroxyl groups excluding tert-OH is 1. The van der Waals surface area contributed by atoms with E-state index in [1.165, 1.54) is 9.75 Å².